The summed E-state index contributed by atoms with van der Waals surface area (Å²) < 4.78 is 10.4. The second-order valence-corrected chi connectivity index (χ2v) is 7.14. The third-order valence-corrected chi connectivity index (χ3v) is 4.99. The van der Waals surface area contributed by atoms with Crippen LogP contribution in [0.5, 0.6) is 5.75 Å². The summed E-state index contributed by atoms with van der Waals surface area (Å²) in [7, 11) is 1.63. The zero-order valence-electron chi connectivity index (χ0n) is 15.8. The molecule has 2 heterocycles. The van der Waals surface area contributed by atoms with Gasteiger partial charge in [0, 0.05) is 19.0 Å². The second kappa shape index (κ2) is 10.4. The molecule has 0 bridgehead atoms. The number of aryl methyl sites for hydroxylation is 1. The molecule has 0 saturated carbocycles. The number of unbranched alkanes of at least 4 members (excludes halogenated alkanes) is 2. The van der Waals surface area contributed by atoms with Gasteiger partial charge >= 0.3 is 0 Å². The summed E-state index contributed by atoms with van der Waals surface area (Å²) in [6.45, 7) is 0.649. The molecule has 3 rings (SSSR count). The number of ether oxygens (including phenoxy) is 1. The summed E-state index contributed by atoms with van der Waals surface area (Å²) in [6, 6.07) is 11.5. The Bertz CT molecular complexity index is 886. The number of thiophene rings is 1. The molecule has 1 N–H and O–H groups in total. The van der Waals surface area contributed by atoms with Gasteiger partial charge in [0.1, 0.15) is 5.75 Å². The topological polar surface area (TPSA) is 77.2 Å². The third kappa shape index (κ3) is 6.06. The van der Waals surface area contributed by atoms with Crippen LogP contribution in [-0.4, -0.2) is 29.7 Å². The highest BCUT2D eigenvalue weighted by Crippen LogP contribution is 2.21. The van der Waals surface area contributed by atoms with E-state index < -0.39 is 0 Å². The van der Waals surface area contributed by atoms with Crippen molar-refractivity contribution >= 4 is 23.3 Å². The molecule has 3 aromatic rings. The van der Waals surface area contributed by atoms with Crippen molar-refractivity contribution in [3.63, 3.8) is 0 Å². The average Bonchev–Trinajstić information content (AvgIpc) is 3.41. The van der Waals surface area contributed by atoms with Crippen LogP contribution in [0.3, 0.4) is 0 Å². The van der Waals surface area contributed by atoms with Crippen LogP contribution in [0.2, 0.25) is 0 Å². The molecule has 0 spiro atoms. The first kappa shape index (κ1) is 19.8. The van der Waals surface area contributed by atoms with Crippen LogP contribution in [0.25, 0.3) is 16.8 Å². The van der Waals surface area contributed by atoms with Crippen LogP contribution in [0.1, 0.15) is 30.7 Å². The normalized spacial score (nSPS) is 11.0. The van der Waals surface area contributed by atoms with Gasteiger partial charge in [-0.15, -0.1) is 11.3 Å². The van der Waals surface area contributed by atoms with Gasteiger partial charge in [0.05, 0.1) is 12.0 Å². The summed E-state index contributed by atoms with van der Waals surface area (Å²) in [5.41, 5.74) is 0.956. The van der Waals surface area contributed by atoms with Crippen molar-refractivity contribution in [2.24, 2.45) is 0 Å². The van der Waals surface area contributed by atoms with Crippen molar-refractivity contribution < 1.29 is 14.1 Å². The zero-order chi connectivity index (χ0) is 19.6. The lowest BCUT2D eigenvalue weighted by atomic mass is 10.2. The van der Waals surface area contributed by atoms with E-state index in [2.05, 4.69) is 15.5 Å². The van der Waals surface area contributed by atoms with E-state index in [4.69, 9.17) is 9.26 Å². The maximum absolute atomic E-state index is 11.9. The van der Waals surface area contributed by atoms with Crippen molar-refractivity contribution in [1.82, 2.24) is 15.5 Å². The third-order valence-electron chi connectivity index (χ3n) is 4.12. The number of methoxy groups -OCH3 is 1. The van der Waals surface area contributed by atoms with Crippen molar-refractivity contribution in [1.29, 1.82) is 0 Å². The number of hydrogen-bond acceptors (Lipinski definition) is 6. The van der Waals surface area contributed by atoms with Gasteiger partial charge in [0.2, 0.25) is 17.6 Å². The Morgan fingerprint density at radius 2 is 2.07 bits per heavy atom. The number of amides is 1. The van der Waals surface area contributed by atoms with E-state index in [1.54, 1.807) is 30.6 Å². The number of hydrogen-bond donors (Lipinski definition) is 1. The number of carbonyl (C=O) groups is 1. The Morgan fingerprint density at radius 3 is 2.82 bits per heavy atom. The molecule has 0 unspecified atom stereocenters. The van der Waals surface area contributed by atoms with Gasteiger partial charge in [-0.1, -0.05) is 29.8 Å². The van der Waals surface area contributed by atoms with E-state index in [9.17, 15) is 4.79 Å². The van der Waals surface area contributed by atoms with Crippen LogP contribution < -0.4 is 10.1 Å². The first-order valence-corrected chi connectivity index (χ1v) is 10.1. The summed E-state index contributed by atoms with van der Waals surface area (Å²) in [5.74, 6) is 2.02. The fraction of sp³-hybridized carbons (Fsp3) is 0.286. The molecule has 1 amide bonds. The minimum absolute atomic E-state index is 0.0895. The summed E-state index contributed by atoms with van der Waals surface area (Å²) >= 11 is 1.59. The Hall–Kier alpha value is -2.93. The molecule has 1 aromatic carbocycles. The smallest absolute Gasteiger partial charge is 0.243 e. The Labute approximate surface area is 168 Å². The van der Waals surface area contributed by atoms with Crippen LogP contribution in [0.4, 0.5) is 0 Å². The Morgan fingerprint density at radius 1 is 1.21 bits per heavy atom. The average molecular weight is 398 g/mol. The SMILES string of the molecule is COc1ccc(/C=C/C(=O)NCCCCCc2nc(-c3cccs3)no2)cc1. The highest BCUT2D eigenvalue weighted by atomic mass is 32.1. The molecule has 0 saturated heterocycles. The lowest BCUT2D eigenvalue weighted by Crippen LogP contribution is -2.21. The molecule has 0 atom stereocenters. The molecule has 7 heteroatoms. The van der Waals surface area contributed by atoms with E-state index >= 15 is 0 Å². The standard InChI is InChI=1S/C21H23N3O3S/c1-26-17-11-8-16(9-12-17)10-13-19(25)22-14-4-2-3-7-20-23-21(24-27-20)18-6-5-15-28-18/h5-6,8-13,15H,2-4,7,14H2,1H3,(H,22,25)/b13-10+. The van der Waals surface area contributed by atoms with Crippen molar-refractivity contribution in [3.8, 4) is 16.5 Å². The quantitative estimate of drug-likeness (QED) is 0.406. The molecule has 0 radical (unpaired) electrons. The van der Waals surface area contributed by atoms with Gasteiger partial charge < -0.3 is 14.6 Å². The van der Waals surface area contributed by atoms with Crippen LogP contribution in [0, 0.1) is 0 Å². The van der Waals surface area contributed by atoms with E-state index in [1.165, 1.54) is 0 Å². The van der Waals surface area contributed by atoms with Crippen LogP contribution >= 0.6 is 11.3 Å². The highest BCUT2D eigenvalue weighted by molar-refractivity contribution is 7.13. The predicted octanol–water partition coefficient (Wildman–Crippen LogP) is 4.35. The van der Waals surface area contributed by atoms with Crippen molar-refractivity contribution in [2.75, 3.05) is 13.7 Å². The molecule has 0 aliphatic rings. The molecular weight excluding hydrogens is 374 g/mol. The largest absolute Gasteiger partial charge is 0.497 e. The van der Waals surface area contributed by atoms with E-state index in [1.807, 2.05) is 41.8 Å². The Kier molecular flexibility index (Phi) is 7.37. The number of aromatic nitrogens is 2. The summed E-state index contributed by atoms with van der Waals surface area (Å²) in [4.78, 5) is 17.3. The predicted molar refractivity (Wildman–Crippen MR) is 110 cm³/mol. The minimum Gasteiger partial charge on any atom is -0.497 e. The van der Waals surface area contributed by atoms with Gasteiger partial charge in [-0.25, -0.2) is 0 Å². The maximum atomic E-state index is 11.9. The van der Waals surface area contributed by atoms with E-state index in [-0.39, 0.29) is 5.91 Å². The number of benzene rings is 1. The van der Waals surface area contributed by atoms with Crippen molar-refractivity contribution in [2.45, 2.75) is 25.7 Å². The summed E-state index contributed by atoms with van der Waals surface area (Å²) in [6.07, 6.45) is 6.93. The van der Waals surface area contributed by atoms with Crippen LogP contribution in [-0.2, 0) is 11.2 Å². The molecule has 146 valence electrons. The van der Waals surface area contributed by atoms with Gasteiger partial charge in [-0.3, -0.25) is 4.79 Å². The molecule has 28 heavy (non-hydrogen) atoms. The number of nitrogens with zero attached hydrogens (tertiary/aromatic N) is 2. The lowest BCUT2D eigenvalue weighted by Gasteiger charge is -2.02. The van der Waals surface area contributed by atoms with E-state index in [0.29, 0.717) is 18.3 Å². The van der Waals surface area contributed by atoms with Gasteiger partial charge in [0.15, 0.2) is 0 Å². The van der Waals surface area contributed by atoms with Gasteiger partial charge in [-0.2, -0.15) is 4.98 Å². The Balaban J connectivity index is 1.29. The number of nitrogens with one attached hydrogen (secondary N) is 1. The molecule has 2 aromatic heterocycles. The fourth-order valence-electron chi connectivity index (χ4n) is 2.60. The monoisotopic (exact) mass is 397 g/mol. The van der Waals surface area contributed by atoms with Gasteiger partial charge in [0.25, 0.3) is 0 Å². The molecule has 0 aliphatic heterocycles. The fourth-order valence-corrected chi connectivity index (χ4v) is 3.25. The molecule has 6 nitrogen and oxygen atoms in total. The molecule has 0 fully saturated rings. The zero-order valence-corrected chi connectivity index (χ0v) is 16.6. The molecular formula is C21H23N3O3S. The van der Waals surface area contributed by atoms with Crippen LogP contribution in [0.15, 0.2) is 52.4 Å². The first-order valence-electron chi connectivity index (χ1n) is 9.21. The number of carbonyl (C=O) groups excluding carboxylic acids is 1. The second-order valence-electron chi connectivity index (χ2n) is 6.20. The van der Waals surface area contributed by atoms with E-state index in [0.717, 1.165) is 41.9 Å². The summed E-state index contributed by atoms with van der Waals surface area (Å²) in [5, 5.41) is 8.89. The number of rotatable bonds is 10. The lowest BCUT2D eigenvalue weighted by molar-refractivity contribution is -0.116. The first-order chi connectivity index (χ1) is 13.7. The van der Waals surface area contributed by atoms with Gasteiger partial charge in [-0.05, 0) is 48.1 Å². The van der Waals surface area contributed by atoms with Crippen molar-refractivity contribution in [3.05, 3.63) is 59.3 Å². The highest BCUT2D eigenvalue weighted by Gasteiger charge is 2.08. The maximum Gasteiger partial charge on any atom is 0.243 e. The molecule has 0 aliphatic carbocycles. The minimum atomic E-state index is -0.0895.